The summed E-state index contributed by atoms with van der Waals surface area (Å²) in [6, 6.07) is 24.0. The number of amides is 1. The van der Waals surface area contributed by atoms with E-state index in [1.807, 2.05) is 59.5 Å². The van der Waals surface area contributed by atoms with E-state index in [0.717, 1.165) is 10.5 Å². The van der Waals surface area contributed by atoms with E-state index < -0.39 is 0 Å². The van der Waals surface area contributed by atoms with Crippen molar-refractivity contribution in [3.63, 3.8) is 0 Å². The highest BCUT2D eigenvalue weighted by atomic mass is 32.2. The molecule has 0 bridgehead atoms. The van der Waals surface area contributed by atoms with E-state index in [9.17, 15) is 4.79 Å². The van der Waals surface area contributed by atoms with Crippen LogP contribution in [0.15, 0.2) is 83.9 Å². The van der Waals surface area contributed by atoms with Crippen LogP contribution in [-0.4, -0.2) is 21.9 Å². The molecule has 1 heterocycles. The van der Waals surface area contributed by atoms with Gasteiger partial charge in [-0.1, -0.05) is 54.6 Å². The number of carbonyl (C=O) groups is 1. The number of benzene rings is 3. The molecule has 0 atom stereocenters. The van der Waals surface area contributed by atoms with Gasteiger partial charge < -0.3 is 5.32 Å². The largest absolute Gasteiger partial charge is 0.307 e. The zero-order chi connectivity index (χ0) is 18.6. The molecule has 0 aliphatic rings. The molecule has 0 unspecified atom stereocenters. The summed E-state index contributed by atoms with van der Waals surface area (Å²) in [7, 11) is 0. The molecular weight excluding hydrogens is 354 g/mol. The monoisotopic (exact) mass is 373 g/mol. The third-order valence-corrected chi connectivity index (χ3v) is 5.31. The Labute approximate surface area is 162 Å². The number of thioether (sulfide) groups is 1. The molecule has 1 N–H and O–H groups in total. The molecule has 27 heavy (non-hydrogen) atoms. The van der Waals surface area contributed by atoms with Gasteiger partial charge in [-0.25, -0.2) is 4.68 Å². The van der Waals surface area contributed by atoms with E-state index in [1.165, 1.54) is 10.8 Å². The number of anilines is 1. The Morgan fingerprint density at radius 2 is 1.78 bits per heavy atom. The average molecular weight is 373 g/mol. The highest BCUT2D eigenvalue weighted by Crippen LogP contribution is 2.23. The van der Waals surface area contributed by atoms with Crippen molar-refractivity contribution in [2.45, 2.75) is 11.4 Å². The first kappa shape index (κ1) is 17.4. The van der Waals surface area contributed by atoms with Gasteiger partial charge in [-0.3, -0.25) is 4.79 Å². The minimum absolute atomic E-state index is 0.125. The number of hydrogen-bond donors (Lipinski definition) is 1. The summed E-state index contributed by atoms with van der Waals surface area (Å²) in [5, 5.41) is 9.79. The fourth-order valence-electron chi connectivity index (χ4n) is 3.17. The van der Waals surface area contributed by atoms with Crippen LogP contribution in [0.3, 0.4) is 0 Å². The molecule has 1 aromatic heterocycles. The second-order valence-electron chi connectivity index (χ2n) is 6.17. The molecule has 0 saturated heterocycles. The predicted octanol–water partition coefficient (Wildman–Crippen LogP) is 5.06. The van der Waals surface area contributed by atoms with E-state index in [1.54, 1.807) is 18.0 Å². The molecule has 0 radical (unpaired) electrons. The number of aromatic nitrogens is 2. The molecule has 0 spiro atoms. The summed E-state index contributed by atoms with van der Waals surface area (Å²) in [5.41, 5.74) is 1.83. The van der Waals surface area contributed by atoms with Crippen LogP contribution in [0.5, 0.6) is 0 Å². The van der Waals surface area contributed by atoms with E-state index >= 15 is 0 Å². The van der Waals surface area contributed by atoms with Gasteiger partial charge in [0.25, 0.3) is 5.91 Å². The van der Waals surface area contributed by atoms with Crippen LogP contribution in [0.4, 0.5) is 5.82 Å². The summed E-state index contributed by atoms with van der Waals surface area (Å²) in [6.07, 6.45) is 3.68. The lowest BCUT2D eigenvalue weighted by molar-refractivity contribution is 0.102. The summed E-state index contributed by atoms with van der Waals surface area (Å²) in [5.74, 6) is 0.559. The van der Waals surface area contributed by atoms with Crippen LogP contribution in [0.2, 0.25) is 0 Å². The smallest absolute Gasteiger partial charge is 0.257 e. The van der Waals surface area contributed by atoms with Crippen LogP contribution >= 0.6 is 11.8 Å². The van der Waals surface area contributed by atoms with E-state index in [-0.39, 0.29) is 5.91 Å². The van der Waals surface area contributed by atoms with Crippen molar-refractivity contribution in [2.24, 2.45) is 0 Å². The number of carbonyl (C=O) groups excluding carboxylic acids is 1. The SMILES string of the molecule is CSc1ccccc1C(=O)Nc1ccnn1Cc1cccc2ccccc12. The maximum absolute atomic E-state index is 12.7. The second-order valence-corrected chi connectivity index (χ2v) is 7.01. The van der Waals surface area contributed by atoms with Crippen LogP contribution in [-0.2, 0) is 6.54 Å². The van der Waals surface area contributed by atoms with Gasteiger partial charge in [0.2, 0.25) is 0 Å². The molecule has 0 fully saturated rings. The lowest BCUT2D eigenvalue weighted by Crippen LogP contribution is -2.17. The van der Waals surface area contributed by atoms with Gasteiger partial charge in [0, 0.05) is 11.0 Å². The molecular formula is C22H19N3OS. The molecule has 0 aliphatic carbocycles. The highest BCUT2D eigenvalue weighted by molar-refractivity contribution is 7.98. The molecule has 0 aliphatic heterocycles. The van der Waals surface area contributed by atoms with Crippen LogP contribution in [0.25, 0.3) is 10.8 Å². The number of nitrogens with zero attached hydrogens (tertiary/aromatic N) is 2. The molecule has 4 nitrogen and oxygen atoms in total. The number of rotatable bonds is 5. The fourth-order valence-corrected chi connectivity index (χ4v) is 3.77. The van der Waals surface area contributed by atoms with E-state index in [2.05, 4.69) is 34.7 Å². The summed E-state index contributed by atoms with van der Waals surface area (Å²) >= 11 is 1.56. The lowest BCUT2D eigenvalue weighted by Gasteiger charge is -2.12. The Hall–Kier alpha value is -3.05. The van der Waals surface area contributed by atoms with Crippen molar-refractivity contribution < 1.29 is 4.79 Å². The van der Waals surface area contributed by atoms with Gasteiger partial charge in [-0.15, -0.1) is 11.8 Å². The molecule has 1 amide bonds. The van der Waals surface area contributed by atoms with Gasteiger partial charge in [-0.05, 0) is 34.7 Å². The number of fused-ring (bicyclic) bond motifs is 1. The minimum Gasteiger partial charge on any atom is -0.307 e. The number of hydrogen-bond acceptors (Lipinski definition) is 3. The van der Waals surface area contributed by atoms with Gasteiger partial charge in [-0.2, -0.15) is 5.10 Å². The van der Waals surface area contributed by atoms with E-state index in [0.29, 0.717) is 17.9 Å². The van der Waals surface area contributed by atoms with Crippen molar-refractivity contribution in [1.82, 2.24) is 9.78 Å². The first-order valence-corrected chi connectivity index (χ1v) is 9.91. The third kappa shape index (κ3) is 3.59. The Morgan fingerprint density at radius 3 is 2.67 bits per heavy atom. The Balaban J connectivity index is 1.61. The van der Waals surface area contributed by atoms with Crippen molar-refractivity contribution in [3.05, 3.63) is 90.1 Å². The van der Waals surface area contributed by atoms with Crippen LogP contribution in [0.1, 0.15) is 15.9 Å². The zero-order valence-corrected chi connectivity index (χ0v) is 15.7. The normalized spacial score (nSPS) is 10.9. The molecule has 5 heteroatoms. The second kappa shape index (κ2) is 7.68. The molecule has 4 aromatic rings. The Bertz CT molecular complexity index is 1100. The first-order chi connectivity index (χ1) is 13.3. The molecule has 3 aromatic carbocycles. The van der Waals surface area contributed by atoms with Crippen molar-refractivity contribution in [2.75, 3.05) is 11.6 Å². The Kier molecular flexibility index (Phi) is 4.94. The maximum Gasteiger partial charge on any atom is 0.257 e. The van der Waals surface area contributed by atoms with Gasteiger partial charge >= 0.3 is 0 Å². The van der Waals surface area contributed by atoms with Crippen molar-refractivity contribution in [3.8, 4) is 0 Å². The molecule has 4 rings (SSSR count). The van der Waals surface area contributed by atoms with Crippen molar-refractivity contribution >= 4 is 34.3 Å². The maximum atomic E-state index is 12.7. The van der Waals surface area contributed by atoms with Crippen molar-refractivity contribution in [1.29, 1.82) is 0 Å². The fraction of sp³-hybridized carbons (Fsp3) is 0.0909. The molecule has 134 valence electrons. The van der Waals surface area contributed by atoms with Gasteiger partial charge in [0.15, 0.2) is 0 Å². The zero-order valence-electron chi connectivity index (χ0n) is 14.9. The van der Waals surface area contributed by atoms with E-state index in [4.69, 9.17) is 0 Å². The number of nitrogens with one attached hydrogen (secondary N) is 1. The molecule has 0 saturated carbocycles. The van der Waals surface area contributed by atoms with Gasteiger partial charge in [0.1, 0.15) is 5.82 Å². The summed E-state index contributed by atoms with van der Waals surface area (Å²) in [6.45, 7) is 0.591. The standard InChI is InChI=1S/C22H19N3OS/c1-27-20-12-5-4-11-19(20)22(26)24-21-13-14-23-25(21)15-17-9-6-8-16-7-2-3-10-18(16)17/h2-14H,15H2,1H3,(H,24,26). The Morgan fingerprint density at radius 1 is 1.00 bits per heavy atom. The topological polar surface area (TPSA) is 46.9 Å². The lowest BCUT2D eigenvalue weighted by atomic mass is 10.0. The summed E-state index contributed by atoms with van der Waals surface area (Å²) < 4.78 is 1.82. The first-order valence-electron chi connectivity index (χ1n) is 8.69. The minimum atomic E-state index is -0.125. The van der Waals surface area contributed by atoms with Gasteiger partial charge in [0.05, 0.1) is 18.3 Å². The van der Waals surface area contributed by atoms with Crippen LogP contribution < -0.4 is 5.32 Å². The quantitative estimate of drug-likeness (QED) is 0.498. The third-order valence-electron chi connectivity index (χ3n) is 4.51. The average Bonchev–Trinajstić information content (AvgIpc) is 3.14. The predicted molar refractivity (Wildman–Crippen MR) is 111 cm³/mol. The van der Waals surface area contributed by atoms with Crippen LogP contribution in [0, 0.1) is 0 Å². The summed E-state index contributed by atoms with van der Waals surface area (Å²) in [4.78, 5) is 13.7. The highest BCUT2D eigenvalue weighted by Gasteiger charge is 2.13.